The van der Waals surface area contributed by atoms with Gasteiger partial charge >= 0.3 is 5.97 Å². The third-order valence-electron chi connectivity index (χ3n) is 9.24. The number of amides is 1. The Morgan fingerprint density at radius 2 is 1.93 bits per heavy atom. The van der Waals surface area contributed by atoms with Crippen LogP contribution in [0, 0.1) is 0 Å². The molecule has 1 amide bonds. The zero-order valence-corrected chi connectivity index (χ0v) is 23.7. The Labute approximate surface area is 243 Å². The van der Waals surface area contributed by atoms with E-state index >= 15 is 0 Å². The molecular weight excluding hydrogens is 528 g/mol. The van der Waals surface area contributed by atoms with Crippen LogP contribution in [0.4, 0.5) is 0 Å². The summed E-state index contributed by atoms with van der Waals surface area (Å²) in [5.74, 6) is 0.206. The summed E-state index contributed by atoms with van der Waals surface area (Å²) in [5.41, 5.74) is 6.99. The molecule has 42 heavy (non-hydrogen) atoms. The molecule has 0 bridgehead atoms. The maximum atomic E-state index is 13.8. The number of H-pyrrole nitrogens is 1. The lowest BCUT2D eigenvalue weighted by Gasteiger charge is -2.41. The van der Waals surface area contributed by atoms with E-state index in [0.717, 1.165) is 64.5 Å². The Balaban J connectivity index is 1.21. The average Bonchev–Trinajstić information content (AvgIpc) is 3.72. The molecule has 3 heterocycles. The number of nitrogens with zero attached hydrogens (tertiary/aromatic N) is 2. The van der Waals surface area contributed by atoms with Crippen molar-refractivity contribution in [1.82, 2.24) is 19.9 Å². The standard InChI is InChI=1S/C34H34N4O4/c1-38-28-18-21(9-13-29(39)40)8-12-26(28)36-33(38)34(15-5-16-34)37-32(41)23-10-11-25-27(19-23)35-31(24-14-17-42-20-24)30(25)22-6-3-2-4-7-22/h8-14,17-20,22,35H,2-7,15-16H2,1H3,(H,37,41)(H,39,40)/b13-9+. The van der Waals surface area contributed by atoms with Gasteiger partial charge in [-0.3, -0.25) is 4.79 Å². The molecule has 8 nitrogen and oxygen atoms in total. The molecule has 3 N–H and O–H groups in total. The van der Waals surface area contributed by atoms with Gasteiger partial charge in [0.1, 0.15) is 5.82 Å². The summed E-state index contributed by atoms with van der Waals surface area (Å²) in [5, 5.41) is 13.5. The topological polar surface area (TPSA) is 113 Å². The zero-order valence-electron chi connectivity index (χ0n) is 23.7. The van der Waals surface area contributed by atoms with E-state index in [1.54, 1.807) is 18.6 Å². The number of aliphatic carboxylic acids is 1. The number of hydrogen-bond acceptors (Lipinski definition) is 4. The highest BCUT2D eigenvalue weighted by Gasteiger charge is 2.44. The number of aryl methyl sites for hydroxylation is 1. The second-order valence-corrected chi connectivity index (χ2v) is 11.8. The van der Waals surface area contributed by atoms with Crippen LogP contribution in [-0.2, 0) is 17.4 Å². The molecule has 2 fully saturated rings. The van der Waals surface area contributed by atoms with Gasteiger partial charge in [0.2, 0.25) is 0 Å². The van der Waals surface area contributed by atoms with E-state index in [9.17, 15) is 9.59 Å². The molecule has 3 aromatic heterocycles. The van der Waals surface area contributed by atoms with Gasteiger partial charge in [0.25, 0.3) is 5.91 Å². The van der Waals surface area contributed by atoms with E-state index in [1.165, 1.54) is 43.1 Å². The van der Waals surface area contributed by atoms with Crippen LogP contribution in [0.3, 0.4) is 0 Å². The van der Waals surface area contributed by atoms with E-state index in [2.05, 4.69) is 16.4 Å². The minimum Gasteiger partial charge on any atom is -0.478 e. The first-order chi connectivity index (χ1) is 20.4. The van der Waals surface area contributed by atoms with Crippen molar-refractivity contribution < 1.29 is 19.1 Å². The number of carboxylic acid groups (broad SMARTS) is 1. The van der Waals surface area contributed by atoms with Crippen molar-refractivity contribution in [1.29, 1.82) is 0 Å². The molecule has 0 spiro atoms. The smallest absolute Gasteiger partial charge is 0.328 e. The fourth-order valence-electron chi connectivity index (χ4n) is 6.94. The van der Waals surface area contributed by atoms with Crippen molar-refractivity contribution in [3.8, 4) is 11.3 Å². The minimum absolute atomic E-state index is 0.118. The molecule has 0 unspecified atom stereocenters. The molecule has 5 aromatic rings. The van der Waals surface area contributed by atoms with Gasteiger partial charge in [-0.25, -0.2) is 9.78 Å². The Morgan fingerprint density at radius 1 is 1.10 bits per heavy atom. The Hall–Kier alpha value is -4.59. The van der Waals surface area contributed by atoms with Gasteiger partial charge in [-0.15, -0.1) is 0 Å². The molecule has 214 valence electrons. The van der Waals surface area contributed by atoms with Gasteiger partial charge in [-0.2, -0.15) is 0 Å². The van der Waals surface area contributed by atoms with Gasteiger partial charge in [0, 0.05) is 35.2 Å². The average molecular weight is 563 g/mol. The number of nitrogens with one attached hydrogen (secondary N) is 2. The molecule has 7 rings (SSSR count). The number of fused-ring (bicyclic) bond motifs is 2. The lowest BCUT2D eigenvalue weighted by Crippen LogP contribution is -2.52. The van der Waals surface area contributed by atoms with E-state index < -0.39 is 11.5 Å². The van der Waals surface area contributed by atoms with Crippen LogP contribution in [0.1, 0.15) is 84.6 Å². The molecule has 0 saturated heterocycles. The molecule has 2 aromatic carbocycles. The first-order valence-electron chi connectivity index (χ1n) is 14.8. The van der Waals surface area contributed by atoms with Crippen LogP contribution in [-0.4, -0.2) is 31.5 Å². The van der Waals surface area contributed by atoms with Crippen LogP contribution in [0.2, 0.25) is 0 Å². The van der Waals surface area contributed by atoms with E-state index in [1.807, 2.05) is 48.0 Å². The first-order valence-corrected chi connectivity index (χ1v) is 14.8. The fraction of sp³-hybridized carbons (Fsp3) is 0.324. The van der Waals surface area contributed by atoms with Crippen LogP contribution in [0.15, 0.2) is 65.5 Å². The summed E-state index contributed by atoms with van der Waals surface area (Å²) in [4.78, 5) is 33.3. The lowest BCUT2D eigenvalue weighted by atomic mass is 9.75. The summed E-state index contributed by atoms with van der Waals surface area (Å²) in [7, 11) is 1.96. The number of rotatable bonds is 7. The second-order valence-electron chi connectivity index (χ2n) is 11.8. The molecule has 2 aliphatic carbocycles. The lowest BCUT2D eigenvalue weighted by molar-refractivity contribution is -0.131. The number of hydrogen-bond donors (Lipinski definition) is 3. The van der Waals surface area contributed by atoms with Crippen molar-refractivity contribution >= 4 is 39.9 Å². The highest BCUT2D eigenvalue weighted by atomic mass is 16.4. The third kappa shape index (κ3) is 4.51. The fourth-order valence-corrected chi connectivity index (χ4v) is 6.94. The number of benzene rings is 2. The molecule has 8 heteroatoms. The van der Waals surface area contributed by atoms with Crippen molar-refractivity contribution in [3.05, 3.63) is 83.6 Å². The number of aromatic nitrogens is 3. The van der Waals surface area contributed by atoms with Crippen molar-refractivity contribution in [2.24, 2.45) is 7.05 Å². The van der Waals surface area contributed by atoms with Crippen LogP contribution < -0.4 is 5.32 Å². The van der Waals surface area contributed by atoms with Gasteiger partial charge in [-0.05, 0) is 85.6 Å². The van der Waals surface area contributed by atoms with Crippen LogP contribution >= 0.6 is 0 Å². The Bertz CT molecular complexity index is 1830. The van der Waals surface area contributed by atoms with Crippen LogP contribution in [0.5, 0.6) is 0 Å². The van der Waals surface area contributed by atoms with Crippen LogP contribution in [0.25, 0.3) is 39.3 Å². The van der Waals surface area contributed by atoms with Crippen molar-refractivity contribution in [2.45, 2.75) is 62.8 Å². The summed E-state index contributed by atoms with van der Waals surface area (Å²) in [6.07, 6.45) is 14.9. The largest absolute Gasteiger partial charge is 0.478 e. The molecular formula is C34H34N4O4. The van der Waals surface area contributed by atoms with Crippen molar-refractivity contribution in [3.63, 3.8) is 0 Å². The predicted molar refractivity (Wildman–Crippen MR) is 162 cm³/mol. The van der Waals surface area contributed by atoms with E-state index in [-0.39, 0.29) is 5.91 Å². The summed E-state index contributed by atoms with van der Waals surface area (Å²) >= 11 is 0. The highest BCUT2D eigenvalue weighted by Crippen LogP contribution is 2.44. The van der Waals surface area contributed by atoms with E-state index in [0.29, 0.717) is 11.5 Å². The molecule has 2 aliphatic rings. The summed E-state index contributed by atoms with van der Waals surface area (Å²) in [6.45, 7) is 0. The van der Waals surface area contributed by atoms with E-state index in [4.69, 9.17) is 14.5 Å². The molecule has 0 atom stereocenters. The molecule has 0 radical (unpaired) electrons. The SMILES string of the molecule is Cn1c(C2(NC(=O)c3ccc4c(C5CCCCC5)c(-c5ccoc5)[nH]c4c3)CCC2)nc2ccc(/C=C/C(=O)O)cc21. The van der Waals surface area contributed by atoms with Gasteiger partial charge < -0.3 is 24.4 Å². The monoisotopic (exact) mass is 562 g/mol. The molecule has 2 saturated carbocycles. The Morgan fingerprint density at radius 3 is 2.64 bits per heavy atom. The number of carbonyl (C=O) groups excluding carboxylic acids is 1. The van der Waals surface area contributed by atoms with Gasteiger partial charge in [-0.1, -0.05) is 31.4 Å². The summed E-state index contributed by atoms with van der Waals surface area (Å²) in [6, 6.07) is 13.7. The van der Waals surface area contributed by atoms with Crippen molar-refractivity contribution in [2.75, 3.05) is 0 Å². The first kappa shape index (κ1) is 26.3. The number of aromatic amines is 1. The maximum Gasteiger partial charge on any atom is 0.328 e. The quantitative estimate of drug-likeness (QED) is 0.181. The number of carbonyl (C=O) groups is 2. The number of furan rings is 1. The number of carboxylic acids is 1. The normalized spacial score (nSPS) is 17.2. The minimum atomic E-state index is -0.989. The number of imidazole rings is 1. The summed E-state index contributed by atoms with van der Waals surface area (Å²) < 4.78 is 7.45. The highest BCUT2D eigenvalue weighted by molar-refractivity contribution is 6.00. The molecule has 0 aliphatic heterocycles. The predicted octanol–water partition coefficient (Wildman–Crippen LogP) is 7.27. The van der Waals surface area contributed by atoms with Gasteiger partial charge in [0.15, 0.2) is 0 Å². The van der Waals surface area contributed by atoms with Gasteiger partial charge in [0.05, 0.1) is 34.8 Å². The third-order valence-corrected chi connectivity index (χ3v) is 9.24. The maximum absolute atomic E-state index is 13.8. The zero-order chi connectivity index (χ0) is 28.8. The second kappa shape index (κ2) is 10.4. The Kier molecular flexibility index (Phi) is 6.49.